The third kappa shape index (κ3) is 3.85. The standard InChI is InChI=1S/C21H28BN7/c23-15-22-5-9-28(10-6-22)18-1-2-19-20(11-18)27-21(13-25-19)16-12-26-29(14-16)17-3-7-24-8-4-17/h1-2,11,13-14,17,21,24,26-27H,3-10,12H2. The van der Waals surface area contributed by atoms with E-state index in [4.69, 9.17) is 10.3 Å². The van der Waals surface area contributed by atoms with Gasteiger partial charge >= 0.3 is 0 Å². The third-order valence-electron chi connectivity index (χ3n) is 6.57. The van der Waals surface area contributed by atoms with Crippen LogP contribution in [-0.2, 0) is 0 Å². The molecule has 2 fully saturated rings. The Balaban J connectivity index is 1.27. The number of hydrazine groups is 1. The molecule has 1 unspecified atom stereocenters. The van der Waals surface area contributed by atoms with Gasteiger partial charge in [0.1, 0.15) is 0 Å². The molecule has 0 bridgehead atoms. The van der Waals surface area contributed by atoms with Crippen LogP contribution in [0.1, 0.15) is 12.8 Å². The molecule has 3 N–H and O–H groups in total. The van der Waals surface area contributed by atoms with Crippen LogP contribution < -0.4 is 21.0 Å². The summed E-state index contributed by atoms with van der Waals surface area (Å²) in [5.74, 6) is 2.41. The topological polar surface area (TPSA) is 78.7 Å². The fourth-order valence-electron chi connectivity index (χ4n) is 4.73. The van der Waals surface area contributed by atoms with Crippen molar-refractivity contribution in [3.05, 3.63) is 30.0 Å². The molecule has 0 saturated carbocycles. The summed E-state index contributed by atoms with van der Waals surface area (Å²) in [4.78, 5) is 7.11. The second kappa shape index (κ2) is 8.09. The van der Waals surface area contributed by atoms with Crippen molar-refractivity contribution in [1.82, 2.24) is 15.8 Å². The van der Waals surface area contributed by atoms with Gasteiger partial charge in [0, 0.05) is 49.7 Å². The summed E-state index contributed by atoms with van der Waals surface area (Å²) in [5.41, 5.74) is 8.19. The van der Waals surface area contributed by atoms with Crippen molar-refractivity contribution in [2.75, 3.05) is 42.9 Å². The van der Waals surface area contributed by atoms with Gasteiger partial charge in [-0.05, 0) is 62.3 Å². The van der Waals surface area contributed by atoms with Crippen molar-refractivity contribution in [3.8, 4) is 5.97 Å². The van der Waals surface area contributed by atoms with E-state index >= 15 is 0 Å². The normalized spacial score (nSPS) is 24.7. The molecular weight excluding hydrogens is 361 g/mol. The van der Waals surface area contributed by atoms with Crippen LogP contribution in [0.3, 0.4) is 0 Å². The van der Waals surface area contributed by atoms with E-state index in [2.05, 4.69) is 56.3 Å². The molecule has 4 heterocycles. The van der Waals surface area contributed by atoms with Crippen LogP contribution in [0.2, 0.25) is 12.6 Å². The number of nitriles is 1. The molecule has 4 aliphatic heterocycles. The molecule has 150 valence electrons. The average Bonchev–Trinajstić information content (AvgIpc) is 3.29. The zero-order valence-electron chi connectivity index (χ0n) is 16.8. The van der Waals surface area contributed by atoms with Gasteiger partial charge in [-0.2, -0.15) is 0 Å². The number of hydrogen-bond acceptors (Lipinski definition) is 7. The molecule has 0 aromatic heterocycles. The monoisotopic (exact) mass is 389 g/mol. The van der Waals surface area contributed by atoms with Crippen LogP contribution in [0.5, 0.6) is 0 Å². The van der Waals surface area contributed by atoms with Crippen molar-refractivity contribution in [2.45, 2.75) is 37.6 Å². The summed E-state index contributed by atoms with van der Waals surface area (Å²) in [7, 11) is 0. The maximum atomic E-state index is 9.13. The highest BCUT2D eigenvalue weighted by Crippen LogP contribution is 2.35. The van der Waals surface area contributed by atoms with Crippen LogP contribution in [0.4, 0.5) is 17.1 Å². The van der Waals surface area contributed by atoms with Crippen molar-refractivity contribution in [3.63, 3.8) is 0 Å². The molecule has 5 rings (SSSR count). The van der Waals surface area contributed by atoms with Gasteiger partial charge in [0.2, 0.25) is 0 Å². The van der Waals surface area contributed by atoms with E-state index < -0.39 is 0 Å². The molecular formula is C21H28BN7. The van der Waals surface area contributed by atoms with Gasteiger partial charge in [0.15, 0.2) is 0 Å². The summed E-state index contributed by atoms with van der Waals surface area (Å²) in [5, 5.41) is 18.6. The number of aliphatic imine (C=N–C) groups is 1. The number of piperidine rings is 1. The molecule has 4 aliphatic rings. The summed E-state index contributed by atoms with van der Waals surface area (Å²) in [6.45, 7) is 5.16. The molecule has 0 spiro atoms. The first-order valence-electron chi connectivity index (χ1n) is 10.8. The minimum Gasteiger partial charge on any atom is -0.373 e. The Morgan fingerprint density at radius 2 is 2.00 bits per heavy atom. The van der Waals surface area contributed by atoms with Crippen LogP contribution >= 0.6 is 0 Å². The van der Waals surface area contributed by atoms with Gasteiger partial charge in [0.05, 0.1) is 17.4 Å². The van der Waals surface area contributed by atoms with Gasteiger partial charge in [-0.3, -0.25) is 4.99 Å². The number of nitrogens with one attached hydrogen (secondary N) is 3. The molecule has 2 saturated heterocycles. The van der Waals surface area contributed by atoms with Gasteiger partial charge in [-0.15, -0.1) is 0 Å². The minimum absolute atomic E-state index is 0.126. The fraction of sp³-hybridized carbons (Fsp3) is 0.524. The predicted octanol–water partition coefficient (Wildman–Crippen LogP) is 2.02. The summed E-state index contributed by atoms with van der Waals surface area (Å²) in [6, 6.07) is 7.17. The molecule has 0 amide bonds. The Bertz CT molecular complexity index is 847. The Kier molecular flexibility index (Phi) is 5.17. The lowest BCUT2D eigenvalue weighted by atomic mass is 9.45. The zero-order chi connectivity index (χ0) is 19.6. The van der Waals surface area contributed by atoms with Crippen molar-refractivity contribution in [2.24, 2.45) is 4.99 Å². The summed E-state index contributed by atoms with van der Waals surface area (Å²) in [6.07, 6.45) is 8.57. The van der Waals surface area contributed by atoms with Crippen molar-refractivity contribution >= 4 is 30.0 Å². The number of fused-ring (bicyclic) bond motifs is 1. The van der Waals surface area contributed by atoms with Crippen molar-refractivity contribution in [1.29, 1.82) is 5.26 Å². The van der Waals surface area contributed by atoms with Gasteiger partial charge < -0.3 is 20.5 Å². The molecule has 0 aliphatic carbocycles. The minimum atomic E-state index is 0.126. The van der Waals surface area contributed by atoms with E-state index in [1.54, 1.807) is 0 Å². The van der Waals surface area contributed by atoms with Gasteiger partial charge in [-0.1, -0.05) is 0 Å². The zero-order valence-corrected chi connectivity index (χ0v) is 16.8. The second-order valence-corrected chi connectivity index (χ2v) is 8.42. The highest BCUT2D eigenvalue weighted by molar-refractivity contribution is 6.67. The molecule has 29 heavy (non-hydrogen) atoms. The number of rotatable bonds is 3. The quantitative estimate of drug-likeness (QED) is 0.687. The molecule has 1 aromatic rings. The Labute approximate surface area is 172 Å². The highest BCUT2D eigenvalue weighted by Gasteiger charge is 2.28. The maximum absolute atomic E-state index is 9.13. The largest absolute Gasteiger partial charge is 0.373 e. The second-order valence-electron chi connectivity index (χ2n) is 8.42. The van der Waals surface area contributed by atoms with E-state index in [9.17, 15) is 0 Å². The first-order chi connectivity index (χ1) is 14.3. The SMILES string of the molecule is N#CB1CCN(c2ccc3c(c2)NC(C2=CN(C4CCNCC4)NC2)C=N3)CC1. The first-order valence-corrected chi connectivity index (χ1v) is 10.8. The van der Waals surface area contributed by atoms with E-state index in [1.165, 1.54) is 24.1 Å². The van der Waals surface area contributed by atoms with Crippen LogP contribution in [0, 0.1) is 11.2 Å². The predicted molar refractivity (Wildman–Crippen MR) is 119 cm³/mol. The van der Waals surface area contributed by atoms with Gasteiger partial charge in [0.25, 0.3) is 6.71 Å². The van der Waals surface area contributed by atoms with E-state index in [1.807, 2.05) is 6.21 Å². The summed E-state index contributed by atoms with van der Waals surface area (Å²) < 4.78 is 0. The number of benzene rings is 1. The number of nitrogens with zero attached hydrogens (tertiary/aromatic N) is 4. The Hall–Kier alpha value is -2.50. The fourth-order valence-corrected chi connectivity index (χ4v) is 4.73. The highest BCUT2D eigenvalue weighted by atomic mass is 15.5. The van der Waals surface area contributed by atoms with E-state index in [0.717, 1.165) is 56.7 Å². The van der Waals surface area contributed by atoms with Gasteiger partial charge in [-0.25, -0.2) is 10.7 Å². The molecule has 8 heteroatoms. The molecule has 0 radical (unpaired) electrons. The lowest BCUT2D eigenvalue weighted by Crippen LogP contribution is -2.44. The van der Waals surface area contributed by atoms with Crippen LogP contribution in [-0.4, -0.2) is 62.7 Å². The third-order valence-corrected chi connectivity index (χ3v) is 6.57. The smallest absolute Gasteiger partial charge is 0.271 e. The van der Waals surface area contributed by atoms with Crippen molar-refractivity contribution < 1.29 is 0 Å². The first kappa shape index (κ1) is 18.5. The molecule has 1 atom stereocenters. The Morgan fingerprint density at radius 3 is 2.79 bits per heavy atom. The van der Waals surface area contributed by atoms with E-state index in [-0.39, 0.29) is 12.8 Å². The lowest BCUT2D eigenvalue weighted by molar-refractivity contribution is 0.182. The number of hydrogen-bond donors (Lipinski definition) is 3. The summed E-state index contributed by atoms with van der Waals surface area (Å²) >= 11 is 0. The Morgan fingerprint density at radius 1 is 1.17 bits per heavy atom. The van der Waals surface area contributed by atoms with Crippen LogP contribution in [0.25, 0.3) is 0 Å². The maximum Gasteiger partial charge on any atom is 0.271 e. The lowest BCUT2D eigenvalue weighted by Gasteiger charge is -2.31. The average molecular weight is 389 g/mol. The molecule has 1 aromatic carbocycles. The van der Waals surface area contributed by atoms with Crippen LogP contribution in [0.15, 0.2) is 35.0 Å². The number of anilines is 2. The molecule has 7 nitrogen and oxygen atoms in total. The van der Waals surface area contributed by atoms with E-state index in [0.29, 0.717) is 6.04 Å².